The van der Waals surface area contributed by atoms with Crippen LogP contribution in [0.15, 0.2) is 36.4 Å². The maximum Gasteiger partial charge on any atom is 0.159 e. The van der Waals surface area contributed by atoms with Crippen molar-refractivity contribution in [1.29, 1.82) is 0 Å². The molecular formula is C16H18F2N2O. The molecule has 0 aromatic heterocycles. The van der Waals surface area contributed by atoms with Crippen molar-refractivity contribution in [3.8, 4) is 5.75 Å². The molecule has 112 valence electrons. The van der Waals surface area contributed by atoms with Gasteiger partial charge in [-0.3, -0.25) is 11.3 Å². The van der Waals surface area contributed by atoms with Gasteiger partial charge in [0, 0.05) is 0 Å². The third-order valence-electron chi connectivity index (χ3n) is 3.48. The van der Waals surface area contributed by atoms with Crippen molar-refractivity contribution in [2.24, 2.45) is 5.84 Å². The van der Waals surface area contributed by atoms with E-state index in [1.54, 1.807) is 13.2 Å². The van der Waals surface area contributed by atoms with Gasteiger partial charge in [0.25, 0.3) is 0 Å². The van der Waals surface area contributed by atoms with Crippen molar-refractivity contribution in [2.75, 3.05) is 7.11 Å². The molecule has 5 heteroatoms. The highest BCUT2D eigenvalue weighted by atomic mass is 19.2. The summed E-state index contributed by atoms with van der Waals surface area (Å²) in [7, 11) is 1.61. The molecule has 0 aliphatic rings. The van der Waals surface area contributed by atoms with Gasteiger partial charge in [-0.15, -0.1) is 0 Å². The molecule has 1 unspecified atom stereocenters. The Morgan fingerprint density at radius 2 is 1.90 bits per heavy atom. The van der Waals surface area contributed by atoms with Crippen molar-refractivity contribution in [1.82, 2.24) is 5.43 Å². The molecule has 1 atom stereocenters. The van der Waals surface area contributed by atoms with E-state index in [9.17, 15) is 8.78 Å². The van der Waals surface area contributed by atoms with Crippen LogP contribution >= 0.6 is 0 Å². The predicted octanol–water partition coefficient (Wildman–Crippen LogP) is 3.03. The molecule has 2 aromatic rings. The van der Waals surface area contributed by atoms with E-state index in [2.05, 4.69) is 5.43 Å². The smallest absolute Gasteiger partial charge is 0.159 e. The zero-order valence-electron chi connectivity index (χ0n) is 12.0. The number of nitrogens with two attached hydrogens (primary N) is 1. The van der Waals surface area contributed by atoms with Crippen molar-refractivity contribution >= 4 is 0 Å². The molecule has 3 nitrogen and oxygen atoms in total. The molecule has 0 saturated carbocycles. The largest absolute Gasteiger partial charge is 0.497 e. The molecule has 0 heterocycles. The second kappa shape index (κ2) is 6.65. The number of halogens is 2. The van der Waals surface area contributed by atoms with Crippen LogP contribution in [0.2, 0.25) is 0 Å². The lowest BCUT2D eigenvalue weighted by Crippen LogP contribution is -2.30. The number of benzene rings is 2. The molecule has 3 N–H and O–H groups in total. The summed E-state index contributed by atoms with van der Waals surface area (Å²) in [5, 5.41) is 0. The van der Waals surface area contributed by atoms with Gasteiger partial charge >= 0.3 is 0 Å². The van der Waals surface area contributed by atoms with Gasteiger partial charge < -0.3 is 4.74 Å². The molecule has 0 saturated heterocycles. The zero-order valence-corrected chi connectivity index (χ0v) is 12.0. The second-order valence-electron chi connectivity index (χ2n) is 4.89. The normalized spacial score (nSPS) is 12.2. The fourth-order valence-corrected chi connectivity index (χ4v) is 2.33. The lowest BCUT2D eigenvalue weighted by atomic mass is 9.95. The first-order valence-corrected chi connectivity index (χ1v) is 6.59. The third kappa shape index (κ3) is 3.56. The number of nitrogens with one attached hydrogen (secondary N) is 1. The molecule has 0 spiro atoms. The lowest BCUT2D eigenvalue weighted by molar-refractivity contribution is 0.414. The standard InChI is InChI=1S/C16H18F2N2O/c1-10-7-12(21-2)4-5-13(10)16(20-19)9-11-3-6-14(17)15(18)8-11/h3-8,16,20H,9,19H2,1-2H3. The quantitative estimate of drug-likeness (QED) is 0.658. The predicted molar refractivity (Wildman–Crippen MR) is 77.9 cm³/mol. The van der Waals surface area contributed by atoms with Crippen LogP contribution < -0.4 is 16.0 Å². The number of hydrogen-bond donors (Lipinski definition) is 2. The number of ether oxygens (including phenoxy) is 1. The lowest BCUT2D eigenvalue weighted by Gasteiger charge is -2.19. The SMILES string of the molecule is COc1ccc(C(Cc2ccc(F)c(F)c2)NN)c(C)c1. The minimum absolute atomic E-state index is 0.194. The molecule has 0 aliphatic carbocycles. The van der Waals surface area contributed by atoms with Crippen LogP contribution in [-0.2, 0) is 6.42 Å². The molecule has 2 rings (SSSR count). The van der Waals surface area contributed by atoms with E-state index in [1.807, 2.05) is 25.1 Å². The Morgan fingerprint density at radius 1 is 1.14 bits per heavy atom. The van der Waals surface area contributed by atoms with Crippen molar-refractivity contribution in [2.45, 2.75) is 19.4 Å². The summed E-state index contributed by atoms with van der Waals surface area (Å²) < 4.78 is 31.4. The van der Waals surface area contributed by atoms with E-state index >= 15 is 0 Å². The molecule has 0 amide bonds. The number of hydrazine groups is 1. The topological polar surface area (TPSA) is 47.3 Å². The van der Waals surface area contributed by atoms with E-state index in [0.29, 0.717) is 12.0 Å². The van der Waals surface area contributed by atoms with Gasteiger partial charge in [-0.05, 0) is 54.3 Å². The maximum absolute atomic E-state index is 13.3. The molecule has 21 heavy (non-hydrogen) atoms. The van der Waals surface area contributed by atoms with Gasteiger partial charge in [-0.1, -0.05) is 12.1 Å². The Balaban J connectivity index is 2.25. The van der Waals surface area contributed by atoms with Crippen LogP contribution in [-0.4, -0.2) is 7.11 Å². The maximum atomic E-state index is 13.3. The Kier molecular flexibility index (Phi) is 4.88. The molecule has 0 fully saturated rings. The van der Waals surface area contributed by atoms with Crippen molar-refractivity contribution < 1.29 is 13.5 Å². The Morgan fingerprint density at radius 3 is 2.48 bits per heavy atom. The summed E-state index contributed by atoms with van der Waals surface area (Å²) in [6.07, 6.45) is 0.459. The summed E-state index contributed by atoms with van der Waals surface area (Å²) in [6, 6.07) is 9.35. The highest BCUT2D eigenvalue weighted by Crippen LogP contribution is 2.25. The second-order valence-corrected chi connectivity index (χ2v) is 4.89. The Hall–Kier alpha value is -1.98. The summed E-state index contributed by atoms with van der Waals surface area (Å²) in [4.78, 5) is 0. The molecule has 0 radical (unpaired) electrons. The summed E-state index contributed by atoms with van der Waals surface area (Å²) in [5.74, 6) is 4.67. The van der Waals surface area contributed by atoms with Crippen LogP contribution in [0.4, 0.5) is 8.78 Å². The highest BCUT2D eigenvalue weighted by molar-refractivity contribution is 5.37. The zero-order chi connectivity index (χ0) is 15.4. The number of rotatable bonds is 5. The fraction of sp³-hybridized carbons (Fsp3) is 0.250. The van der Waals surface area contributed by atoms with Crippen LogP contribution in [0, 0.1) is 18.6 Å². The van der Waals surface area contributed by atoms with E-state index in [1.165, 1.54) is 6.07 Å². The van der Waals surface area contributed by atoms with Gasteiger partial charge in [0.2, 0.25) is 0 Å². The van der Waals surface area contributed by atoms with Crippen molar-refractivity contribution in [3.63, 3.8) is 0 Å². The first kappa shape index (κ1) is 15.4. The Labute approximate surface area is 122 Å². The van der Waals surface area contributed by atoms with E-state index in [0.717, 1.165) is 22.9 Å². The molecule has 2 aromatic carbocycles. The first-order valence-electron chi connectivity index (χ1n) is 6.59. The monoisotopic (exact) mass is 292 g/mol. The van der Waals surface area contributed by atoms with Gasteiger partial charge in [0.05, 0.1) is 13.2 Å². The van der Waals surface area contributed by atoms with E-state index < -0.39 is 11.6 Å². The van der Waals surface area contributed by atoms with Crippen molar-refractivity contribution in [3.05, 3.63) is 64.7 Å². The average molecular weight is 292 g/mol. The van der Waals surface area contributed by atoms with Gasteiger partial charge in [-0.25, -0.2) is 8.78 Å². The summed E-state index contributed by atoms with van der Waals surface area (Å²) in [5.41, 5.74) is 5.40. The number of aryl methyl sites for hydroxylation is 1. The highest BCUT2D eigenvalue weighted by Gasteiger charge is 2.14. The first-order chi connectivity index (χ1) is 10.0. The minimum atomic E-state index is -0.852. The molecule has 0 bridgehead atoms. The van der Waals surface area contributed by atoms with Gasteiger partial charge in [0.1, 0.15) is 5.75 Å². The number of methoxy groups -OCH3 is 1. The van der Waals surface area contributed by atoms with Crippen LogP contribution in [0.25, 0.3) is 0 Å². The number of hydrogen-bond acceptors (Lipinski definition) is 3. The fourth-order valence-electron chi connectivity index (χ4n) is 2.33. The molecular weight excluding hydrogens is 274 g/mol. The minimum Gasteiger partial charge on any atom is -0.497 e. The molecule has 0 aliphatic heterocycles. The summed E-state index contributed by atoms with van der Waals surface area (Å²) >= 11 is 0. The van der Waals surface area contributed by atoms with Gasteiger partial charge in [0.15, 0.2) is 11.6 Å². The summed E-state index contributed by atoms with van der Waals surface area (Å²) in [6.45, 7) is 1.95. The van der Waals surface area contributed by atoms with Gasteiger partial charge in [-0.2, -0.15) is 0 Å². The third-order valence-corrected chi connectivity index (χ3v) is 3.48. The average Bonchev–Trinajstić information content (AvgIpc) is 2.48. The van der Waals surface area contributed by atoms with Crippen LogP contribution in [0.3, 0.4) is 0 Å². The van der Waals surface area contributed by atoms with Crippen LogP contribution in [0.5, 0.6) is 5.75 Å². The van der Waals surface area contributed by atoms with E-state index in [4.69, 9.17) is 10.6 Å². The Bertz CT molecular complexity index is 632. The van der Waals surface area contributed by atoms with Crippen LogP contribution in [0.1, 0.15) is 22.7 Å². The van der Waals surface area contributed by atoms with E-state index in [-0.39, 0.29) is 6.04 Å².